The van der Waals surface area contributed by atoms with Crippen LogP contribution in [0.25, 0.3) is 0 Å². The molecule has 0 aliphatic rings. The van der Waals surface area contributed by atoms with E-state index in [2.05, 4.69) is 5.32 Å². The third-order valence-electron chi connectivity index (χ3n) is 2.22. The van der Waals surface area contributed by atoms with Crippen LogP contribution in [0.15, 0.2) is 18.2 Å². The summed E-state index contributed by atoms with van der Waals surface area (Å²) in [5, 5.41) is 2.67. The predicted molar refractivity (Wildman–Crippen MR) is 74.2 cm³/mol. The molecule has 1 aromatic carbocycles. The largest absolute Gasteiger partial charge is 0.494 e. The van der Waals surface area contributed by atoms with Crippen LogP contribution < -0.4 is 15.8 Å². The standard InChI is InChI=1S/C12H18N2O3S/c1-3-6-18(16)8-12(15)14-10-5-4-9(13)7-11(10)17-2/h4-5,7H,3,6,8,13H2,1-2H3,(H,14,15). The molecule has 0 saturated heterocycles. The number of rotatable bonds is 6. The number of carbonyl (C=O) groups is 1. The van der Waals surface area contributed by atoms with Crippen molar-refractivity contribution in [1.82, 2.24) is 0 Å². The Labute approximate surface area is 109 Å². The third kappa shape index (κ3) is 4.37. The number of methoxy groups -OCH3 is 1. The van der Waals surface area contributed by atoms with Gasteiger partial charge in [0.2, 0.25) is 5.91 Å². The van der Waals surface area contributed by atoms with Crippen molar-refractivity contribution in [3.05, 3.63) is 18.2 Å². The van der Waals surface area contributed by atoms with Gasteiger partial charge in [-0.3, -0.25) is 9.00 Å². The Bertz CT molecular complexity index is 449. The van der Waals surface area contributed by atoms with Crippen LogP contribution in [0, 0.1) is 0 Å². The van der Waals surface area contributed by atoms with Crippen molar-refractivity contribution in [2.75, 3.05) is 29.7 Å². The molecule has 0 saturated carbocycles. The normalized spacial score (nSPS) is 11.9. The van der Waals surface area contributed by atoms with Gasteiger partial charge in [-0.1, -0.05) is 6.92 Å². The molecule has 1 atom stereocenters. The number of anilines is 2. The van der Waals surface area contributed by atoms with Gasteiger partial charge >= 0.3 is 0 Å². The number of nitrogens with one attached hydrogen (secondary N) is 1. The maximum atomic E-state index is 11.7. The number of benzene rings is 1. The number of ether oxygens (including phenoxy) is 1. The zero-order valence-corrected chi connectivity index (χ0v) is 11.4. The second-order valence-corrected chi connectivity index (χ2v) is 5.37. The summed E-state index contributed by atoms with van der Waals surface area (Å²) in [5.74, 6) is 0.739. The van der Waals surface area contributed by atoms with E-state index in [1.165, 1.54) is 7.11 Å². The van der Waals surface area contributed by atoms with Gasteiger partial charge in [0.1, 0.15) is 11.5 Å². The fraction of sp³-hybridized carbons (Fsp3) is 0.417. The zero-order valence-electron chi connectivity index (χ0n) is 10.6. The summed E-state index contributed by atoms with van der Waals surface area (Å²) in [6.45, 7) is 1.93. The van der Waals surface area contributed by atoms with Crippen molar-refractivity contribution >= 4 is 28.1 Å². The lowest BCUT2D eigenvalue weighted by molar-refractivity contribution is -0.113. The van der Waals surface area contributed by atoms with E-state index in [1.54, 1.807) is 18.2 Å². The van der Waals surface area contributed by atoms with Gasteiger partial charge in [-0.25, -0.2) is 0 Å². The van der Waals surface area contributed by atoms with Crippen molar-refractivity contribution in [3.63, 3.8) is 0 Å². The molecule has 0 radical (unpaired) electrons. The summed E-state index contributed by atoms with van der Waals surface area (Å²) in [7, 11) is 0.385. The summed E-state index contributed by atoms with van der Waals surface area (Å²) in [5.41, 5.74) is 6.70. The second-order valence-electron chi connectivity index (χ2n) is 3.80. The van der Waals surface area contributed by atoms with Crippen LogP contribution in [0.5, 0.6) is 5.75 Å². The average molecular weight is 270 g/mol. The molecule has 0 spiro atoms. The summed E-state index contributed by atoms with van der Waals surface area (Å²) < 4.78 is 16.6. The molecule has 0 bridgehead atoms. The number of amides is 1. The highest BCUT2D eigenvalue weighted by atomic mass is 32.2. The van der Waals surface area contributed by atoms with Gasteiger partial charge in [-0.15, -0.1) is 0 Å². The van der Waals surface area contributed by atoms with E-state index in [-0.39, 0.29) is 11.7 Å². The van der Waals surface area contributed by atoms with Gasteiger partial charge in [-0.2, -0.15) is 0 Å². The fourth-order valence-electron chi connectivity index (χ4n) is 1.44. The minimum absolute atomic E-state index is 0.00136. The molecule has 1 amide bonds. The van der Waals surface area contributed by atoms with E-state index in [4.69, 9.17) is 10.5 Å². The predicted octanol–water partition coefficient (Wildman–Crippen LogP) is 1.37. The van der Waals surface area contributed by atoms with Crippen molar-refractivity contribution in [3.8, 4) is 5.75 Å². The van der Waals surface area contributed by atoms with E-state index in [0.717, 1.165) is 6.42 Å². The maximum Gasteiger partial charge on any atom is 0.237 e. The Morgan fingerprint density at radius 1 is 1.50 bits per heavy atom. The molecule has 5 nitrogen and oxygen atoms in total. The molecule has 100 valence electrons. The SMILES string of the molecule is CCCS(=O)CC(=O)Nc1ccc(N)cc1OC. The van der Waals surface area contributed by atoms with Crippen molar-refractivity contribution in [2.24, 2.45) is 0 Å². The minimum atomic E-state index is -1.11. The summed E-state index contributed by atoms with van der Waals surface area (Å²) in [6.07, 6.45) is 0.797. The van der Waals surface area contributed by atoms with Crippen LogP contribution in [0.2, 0.25) is 0 Å². The lowest BCUT2D eigenvalue weighted by Crippen LogP contribution is -2.21. The van der Waals surface area contributed by atoms with Gasteiger partial charge in [0, 0.05) is 28.3 Å². The first-order valence-corrected chi connectivity index (χ1v) is 7.14. The summed E-state index contributed by atoms with van der Waals surface area (Å²) in [6, 6.07) is 4.95. The van der Waals surface area contributed by atoms with Crippen LogP contribution in [0.4, 0.5) is 11.4 Å². The molecular formula is C12H18N2O3S. The molecular weight excluding hydrogens is 252 g/mol. The van der Waals surface area contributed by atoms with Crippen molar-refractivity contribution < 1.29 is 13.7 Å². The fourth-order valence-corrected chi connectivity index (χ4v) is 2.41. The van der Waals surface area contributed by atoms with Gasteiger partial charge < -0.3 is 15.8 Å². The lowest BCUT2D eigenvalue weighted by atomic mass is 10.2. The highest BCUT2D eigenvalue weighted by molar-refractivity contribution is 7.85. The van der Waals surface area contributed by atoms with E-state index >= 15 is 0 Å². The maximum absolute atomic E-state index is 11.7. The smallest absolute Gasteiger partial charge is 0.237 e. The van der Waals surface area contributed by atoms with Crippen LogP contribution in [0.3, 0.4) is 0 Å². The quantitative estimate of drug-likeness (QED) is 0.765. The van der Waals surface area contributed by atoms with Gasteiger partial charge in [0.25, 0.3) is 0 Å². The molecule has 0 heterocycles. The number of hydrogen-bond acceptors (Lipinski definition) is 4. The van der Waals surface area contributed by atoms with Crippen LogP contribution in [-0.4, -0.2) is 28.7 Å². The highest BCUT2D eigenvalue weighted by Crippen LogP contribution is 2.26. The molecule has 1 unspecified atom stereocenters. The average Bonchev–Trinajstić information content (AvgIpc) is 2.31. The summed E-state index contributed by atoms with van der Waals surface area (Å²) >= 11 is 0. The summed E-state index contributed by atoms with van der Waals surface area (Å²) in [4.78, 5) is 11.7. The Hall–Kier alpha value is -1.56. The van der Waals surface area contributed by atoms with Gasteiger partial charge in [0.05, 0.1) is 12.8 Å². The van der Waals surface area contributed by atoms with Crippen LogP contribution in [0.1, 0.15) is 13.3 Å². The zero-order chi connectivity index (χ0) is 13.5. The Balaban J connectivity index is 2.67. The second kappa shape index (κ2) is 7.00. The molecule has 3 N–H and O–H groups in total. The van der Waals surface area contributed by atoms with Gasteiger partial charge in [-0.05, 0) is 18.6 Å². The van der Waals surface area contributed by atoms with E-state index in [1.807, 2.05) is 6.92 Å². The lowest BCUT2D eigenvalue weighted by Gasteiger charge is -2.10. The Morgan fingerprint density at radius 2 is 2.22 bits per heavy atom. The Morgan fingerprint density at radius 3 is 2.83 bits per heavy atom. The first kappa shape index (κ1) is 14.5. The molecule has 0 aromatic heterocycles. The molecule has 0 aliphatic carbocycles. The van der Waals surface area contributed by atoms with Crippen molar-refractivity contribution in [1.29, 1.82) is 0 Å². The molecule has 0 fully saturated rings. The first-order chi connectivity index (χ1) is 8.56. The number of hydrogen-bond donors (Lipinski definition) is 2. The molecule has 18 heavy (non-hydrogen) atoms. The topological polar surface area (TPSA) is 81.4 Å². The molecule has 6 heteroatoms. The molecule has 1 aromatic rings. The number of nitrogen functional groups attached to an aromatic ring is 1. The van der Waals surface area contributed by atoms with E-state index in [9.17, 15) is 9.00 Å². The highest BCUT2D eigenvalue weighted by Gasteiger charge is 2.10. The third-order valence-corrected chi connectivity index (χ3v) is 3.67. The first-order valence-electron chi connectivity index (χ1n) is 5.65. The number of carbonyl (C=O) groups excluding carboxylic acids is 1. The molecule has 0 aliphatic heterocycles. The van der Waals surface area contributed by atoms with Gasteiger partial charge in [0.15, 0.2) is 0 Å². The monoisotopic (exact) mass is 270 g/mol. The van der Waals surface area contributed by atoms with E-state index < -0.39 is 10.8 Å². The number of nitrogens with two attached hydrogens (primary N) is 1. The van der Waals surface area contributed by atoms with Crippen molar-refractivity contribution in [2.45, 2.75) is 13.3 Å². The minimum Gasteiger partial charge on any atom is -0.494 e. The van der Waals surface area contributed by atoms with E-state index in [0.29, 0.717) is 22.9 Å². The Kier molecular flexibility index (Phi) is 5.64. The van der Waals surface area contributed by atoms with Crippen LogP contribution >= 0.6 is 0 Å². The van der Waals surface area contributed by atoms with Crippen LogP contribution in [-0.2, 0) is 15.6 Å². The molecule has 1 rings (SSSR count).